The second-order valence-corrected chi connectivity index (χ2v) is 7.20. The minimum Gasteiger partial charge on any atom is -0.480 e. The van der Waals surface area contributed by atoms with E-state index >= 15 is 0 Å². The van der Waals surface area contributed by atoms with Gasteiger partial charge in [0.2, 0.25) is 5.91 Å². The fourth-order valence-corrected chi connectivity index (χ4v) is 2.01. The average molecular weight is 374 g/mol. The number of aliphatic carboxylic acids is 1. The molecule has 4 amide bonds. The van der Waals surface area contributed by atoms with Gasteiger partial charge in [0.15, 0.2) is 0 Å². The lowest BCUT2D eigenvalue weighted by atomic mass is 10.0. The minimum atomic E-state index is -1.21. The van der Waals surface area contributed by atoms with E-state index in [-0.39, 0.29) is 18.9 Å². The molecule has 0 rings (SSSR count). The lowest BCUT2D eigenvalue weighted by molar-refractivity contribution is -0.142. The first kappa shape index (κ1) is 23.5. The molecule has 0 fully saturated rings. The summed E-state index contributed by atoms with van der Waals surface area (Å²) >= 11 is 0. The van der Waals surface area contributed by atoms with Crippen LogP contribution in [0.4, 0.5) is 9.59 Å². The Bertz CT molecular complexity index is 515. The number of hydrogen-bond donors (Lipinski definition) is 5. The maximum absolute atomic E-state index is 12.4. The van der Waals surface area contributed by atoms with Crippen LogP contribution in [0.5, 0.6) is 0 Å². The van der Waals surface area contributed by atoms with Crippen molar-refractivity contribution < 1.29 is 29.0 Å². The fourth-order valence-electron chi connectivity index (χ4n) is 2.01. The highest BCUT2D eigenvalue weighted by atomic mass is 16.6. The summed E-state index contributed by atoms with van der Waals surface area (Å²) in [6, 6.07) is -2.81. The molecular weight excluding hydrogens is 344 g/mol. The topological polar surface area (TPSA) is 160 Å². The van der Waals surface area contributed by atoms with Gasteiger partial charge in [-0.3, -0.25) is 4.79 Å². The molecule has 0 unspecified atom stereocenters. The second kappa shape index (κ2) is 10.5. The van der Waals surface area contributed by atoms with Gasteiger partial charge in [-0.15, -0.1) is 0 Å². The molecule has 0 aliphatic heterocycles. The van der Waals surface area contributed by atoms with Crippen LogP contribution in [-0.4, -0.2) is 53.3 Å². The average Bonchev–Trinajstić information content (AvgIpc) is 2.44. The zero-order valence-corrected chi connectivity index (χ0v) is 15.9. The number of urea groups is 1. The molecular formula is C16H30N4O6. The molecule has 0 bridgehead atoms. The van der Waals surface area contributed by atoms with E-state index in [1.807, 2.05) is 0 Å². The van der Waals surface area contributed by atoms with Crippen molar-refractivity contribution in [3.8, 4) is 0 Å². The summed E-state index contributed by atoms with van der Waals surface area (Å²) in [5, 5.41) is 16.4. The second-order valence-electron chi connectivity index (χ2n) is 7.20. The predicted octanol–water partition coefficient (Wildman–Crippen LogP) is 0.554. The molecule has 0 radical (unpaired) electrons. The number of nitrogens with one attached hydrogen (secondary N) is 3. The van der Waals surface area contributed by atoms with Crippen molar-refractivity contribution >= 4 is 24.0 Å². The Morgan fingerprint density at radius 2 is 1.69 bits per heavy atom. The molecule has 6 N–H and O–H groups in total. The van der Waals surface area contributed by atoms with E-state index < -0.39 is 41.7 Å². The first-order valence-electron chi connectivity index (χ1n) is 8.39. The van der Waals surface area contributed by atoms with E-state index in [0.717, 1.165) is 0 Å². The molecule has 10 heteroatoms. The van der Waals surface area contributed by atoms with E-state index in [2.05, 4.69) is 16.0 Å². The quantitative estimate of drug-likeness (QED) is 0.371. The predicted molar refractivity (Wildman–Crippen MR) is 94.4 cm³/mol. The summed E-state index contributed by atoms with van der Waals surface area (Å²) in [7, 11) is 0. The Kier molecular flexibility index (Phi) is 9.45. The van der Waals surface area contributed by atoms with Crippen LogP contribution in [0.3, 0.4) is 0 Å². The molecule has 0 heterocycles. The number of ether oxygens (including phenoxy) is 1. The summed E-state index contributed by atoms with van der Waals surface area (Å²) in [6.07, 6.45) is -0.353. The lowest BCUT2D eigenvalue weighted by Gasteiger charge is -2.26. The van der Waals surface area contributed by atoms with Gasteiger partial charge in [0.05, 0.1) is 0 Å². The largest absolute Gasteiger partial charge is 0.480 e. The van der Waals surface area contributed by atoms with Gasteiger partial charge in [-0.25, -0.2) is 14.4 Å². The maximum atomic E-state index is 12.4. The molecule has 0 saturated heterocycles. The number of hydrogen-bond acceptors (Lipinski definition) is 5. The van der Waals surface area contributed by atoms with Crippen LogP contribution >= 0.6 is 0 Å². The summed E-state index contributed by atoms with van der Waals surface area (Å²) in [6.45, 7) is 8.70. The van der Waals surface area contributed by atoms with E-state index in [1.165, 1.54) is 0 Å². The van der Waals surface area contributed by atoms with Crippen molar-refractivity contribution in [1.29, 1.82) is 0 Å². The Balaban J connectivity index is 4.80. The van der Waals surface area contributed by atoms with Crippen molar-refractivity contribution in [2.45, 2.75) is 65.1 Å². The van der Waals surface area contributed by atoms with Gasteiger partial charge in [0, 0.05) is 6.54 Å². The van der Waals surface area contributed by atoms with Crippen LogP contribution in [0.15, 0.2) is 0 Å². The Hall–Kier alpha value is -2.52. The normalized spacial score (nSPS) is 13.5. The van der Waals surface area contributed by atoms with Crippen molar-refractivity contribution in [2.75, 3.05) is 6.54 Å². The number of carbonyl (C=O) groups is 4. The van der Waals surface area contributed by atoms with Crippen LogP contribution in [0.2, 0.25) is 0 Å². The monoisotopic (exact) mass is 374 g/mol. The molecule has 0 aliphatic rings. The summed E-state index contributed by atoms with van der Waals surface area (Å²) < 4.78 is 5.12. The summed E-state index contributed by atoms with van der Waals surface area (Å²) in [4.78, 5) is 46.2. The number of carboxylic acid groups (broad SMARTS) is 1. The van der Waals surface area contributed by atoms with Gasteiger partial charge in [-0.05, 0) is 39.5 Å². The van der Waals surface area contributed by atoms with E-state index in [4.69, 9.17) is 10.5 Å². The van der Waals surface area contributed by atoms with E-state index in [1.54, 1.807) is 34.6 Å². The standard InChI is InChI=1S/C16H30N4O6/c1-9(2)11(20-15(25)26-16(3,4)5)12(21)19-10(13(22)23)7-6-8-18-14(17)24/h9-11H,6-8H2,1-5H3,(H,19,21)(H,20,25)(H,22,23)(H3,17,18,24)/t10-,11-/m1/s1. The number of carboxylic acids is 1. The summed E-state index contributed by atoms with van der Waals surface area (Å²) in [5.74, 6) is -2.12. The third-order valence-electron chi connectivity index (χ3n) is 3.20. The smallest absolute Gasteiger partial charge is 0.408 e. The molecule has 0 saturated carbocycles. The van der Waals surface area contributed by atoms with Crippen molar-refractivity contribution in [2.24, 2.45) is 11.7 Å². The third kappa shape index (κ3) is 10.4. The highest BCUT2D eigenvalue weighted by Gasteiger charge is 2.30. The maximum Gasteiger partial charge on any atom is 0.408 e. The zero-order valence-electron chi connectivity index (χ0n) is 15.9. The first-order chi connectivity index (χ1) is 11.8. The molecule has 10 nitrogen and oxygen atoms in total. The van der Waals surface area contributed by atoms with Crippen LogP contribution in [0.25, 0.3) is 0 Å². The van der Waals surface area contributed by atoms with Gasteiger partial charge >= 0.3 is 18.1 Å². The molecule has 0 aromatic rings. The van der Waals surface area contributed by atoms with E-state index in [0.29, 0.717) is 6.42 Å². The third-order valence-corrected chi connectivity index (χ3v) is 3.20. The Labute approximate surface area is 153 Å². The number of nitrogens with two attached hydrogens (primary N) is 1. The Morgan fingerprint density at radius 3 is 2.12 bits per heavy atom. The Morgan fingerprint density at radius 1 is 1.12 bits per heavy atom. The van der Waals surface area contributed by atoms with Crippen molar-refractivity contribution in [3.05, 3.63) is 0 Å². The number of alkyl carbamates (subject to hydrolysis) is 1. The van der Waals surface area contributed by atoms with Gasteiger partial charge in [0.1, 0.15) is 17.7 Å². The van der Waals surface area contributed by atoms with Gasteiger partial charge in [-0.1, -0.05) is 13.8 Å². The molecule has 0 aromatic heterocycles. The molecule has 150 valence electrons. The summed E-state index contributed by atoms with van der Waals surface area (Å²) in [5.41, 5.74) is 4.20. The SMILES string of the molecule is CC(C)[C@@H](NC(=O)OC(C)(C)C)C(=O)N[C@H](CCCNC(N)=O)C(=O)O. The number of rotatable bonds is 9. The lowest BCUT2D eigenvalue weighted by Crippen LogP contribution is -2.54. The molecule has 2 atom stereocenters. The van der Waals surface area contributed by atoms with Crippen LogP contribution in [0.1, 0.15) is 47.5 Å². The highest BCUT2D eigenvalue weighted by Crippen LogP contribution is 2.09. The number of primary amides is 1. The number of amides is 4. The van der Waals surface area contributed by atoms with E-state index in [9.17, 15) is 24.3 Å². The first-order valence-corrected chi connectivity index (χ1v) is 8.39. The van der Waals surface area contributed by atoms with Crippen molar-refractivity contribution in [3.63, 3.8) is 0 Å². The highest BCUT2D eigenvalue weighted by molar-refractivity contribution is 5.89. The van der Waals surface area contributed by atoms with Gasteiger partial charge in [0.25, 0.3) is 0 Å². The van der Waals surface area contributed by atoms with Gasteiger partial charge in [-0.2, -0.15) is 0 Å². The molecule has 0 aromatic carbocycles. The van der Waals surface area contributed by atoms with Crippen LogP contribution < -0.4 is 21.7 Å². The molecule has 0 aliphatic carbocycles. The van der Waals surface area contributed by atoms with Crippen LogP contribution in [-0.2, 0) is 14.3 Å². The fraction of sp³-hybridized carbons (Fsp3) is 0.750. The van der Waals surface area contributed by atoms with Crippen LogP contribution in [0, 0.1) is 5.92 Å². The molecule has 0 spiro atoms. The minimum absolute atomic E-state index is 0.0958. The van der Waals surface area contributed by atoms with Gasteiger partial charge < -0.3 is 31.5 Å². The zero-order chi connectivity index (χ0) is 20.5. The van der Waals surface area contributed by atoms with Crippen molar-refractivity contribution in [1.82, 2.24) is 16.0 Å². The molecule has 26 heavy (non-hydrogen) atoms. The number of carbonyl (C=O) groups excluding carboxylic acids is 3.